The van der Waals surface area contributed by atoms with E-state index in [0.29, 0.717) is 0 Å². The van der Waals surface area contributed by atoms with Crippen molar-refractivity contribution in [3.63, 3.8) is 0 Å². The van der Waals surface area contributed by atoms with Crippen molar-refractivity contribution in [1.29, 1.82) is 5.41 Å². The van der Waals surface area contributed by atoms with Gasteiger partial charge in [0.25, 0.3) is 0 Å². The summed E-state index contributed by atoms with van der Waals surface area (Å²) in [6.45, 7) is 5.38. The van der Waals surface area contributed by atoms with Gasteiger partial charge in [-0.15, -0.1) is 0 Å². The largest absolute Gasteiger partial charge is 0.288 e. The first-order valence-corrected chi connectivity index (χ1v) is 5.08. The highest BCUT2D eigenvalue weighted by atomic mass is 32.2. The van der Waals surface area contributed by atoms with Gasteiger partial charge in [0.2, 0.25) is 0 Å². The van der Waals surface area contributed by atoms with Crippen LogP contribution in [-0.4, -0.2) is 14.4 Å². The van der Waals surface area contributed by atoms with E-state index in [0.717, 1.165) is 23.5 Å². The maximum Gasteiger partial charge on any atom is 0.156 e. The molecule has 0 aliphatic carbocycles. The Hall–Kier alpha value is 0.230. The van der Waals surface area contributed by atoms with Crippen molar-refractivity contribution in [3.05, 3.63) is 0 Å². The number of hydrogen-bond donors (Lipinski definition) is 1. The zero-order chi connectivity index (χ0) is 9.99. The summed E-state index contributed by atoms with van der Waals surface area (Å²) in [5.41, 5.74) is 0. The lowest BCUT2D eigenvalue weighted by molar-refractivity contribution is 0.347. The van der Waals surface area contributed by atoms with Gasteiger partial charge in [0.05, 0.1) is 0 Å². The molecule has 0 saturated carbocycles. The summed E-state index contributed by atoms with van der Waals surface area (Å²) in [5.74, 6) is 0. The van der Waals surface area contributed by atoms with Crippen molar-refractivity contribution < 1.29 is 8.78 Å². The summed E-state index contributed by atoms with van der Waals surface area (Å²) < 4.78 is 25.8. The molecule has 0 bridgehead atoms. The minimum absolute atomic E-state index is 0.0324. The summed E-state index contributed by atoms with van der Waals surface area (Å²) in [5, 5.41) is 4.24. The number of rotatable bonds is 2. The van der Waals surface area contributed by atoms with E-state index in [9.17, 15) is 8.78 Å². The Morgan fingerprint density at radius 2 is 1.25 bits per heavy atom. The number of nitrogens with one attached hydrogen (secondary N) is 1. The van der Waals surface area contributed by atoms with Crippen LogP contribution in [-0.2, 0) is 0 Å². The third-order valence-corrected chi connectivity index (χ3v) is 2.51. The van der Waals surface area contributed by atoms with Crippen molar-refractivity contribution in [3.8, 4) is 0 Å². The minimum atomic E-state index is -1.50. The van der Waals surface area contributed by atoms with Gasteiger partial charge in [0.1, 0.15) is 4.38 Å². The average molecular weight is 213 g/mol. The summed E-state index contributed by atoms with van der Waals surface area (Å²) in [4.78, 5) is 0. The van der Waals surface area contributed by atoms with E-state index < -0.39 is 10.0 Å². The van der Waals surface area contributed by atoms with Crippen molar-refractivity contribution in [1.82, 2.24) is 0 Å². The monoisotopic (exact) mass is 213 g/mol. The van der Waals surface area contributed by atoms with Gasteiger partial charge < -0.3 is 0 Å². The minimum Gasteiger partial charge on any atom is -0.288 e. The molecule has 0 radical (unpaired) electrons. The molecule has 0 aromatic rings. The van der Waals surface area contributed by atoms with Crippen molar-refractivity contribution >= 4 is 27.9 Å². The number of alkyl halides is 2. The molecule has 72 valence electrons. The van der Waals surface area contributed by atoms with Crippen molar-refractivity contribution in [2.45, 2.75) is 37.7 Å². The lowest BCUT2D eigenvalue weighted by atomic mass is 10.5. The van der Waals surface area contributed by atoms with Gasteiger partial charge in [0, 0.05) is 0 Å². The van der Waals surface area contributed by atoms with Crippen molar-refractivity contribution in [2.24, 2.45) is 0 Å². The lowest BCUT2D eigenvalue weighted by Crippen LogP contribution is -2.13. The van der Waals surface area contributed by atoms with Crippen LogP contribution in [0, 0.1) is 5.41 Å². The van der Waals surface area contributed by atoms with Crippen LogP contribution < -0.4 is 0 Å². The molecule has 0 aromatic carbocycles. The molecule has 1 N–H and O–H groups in total. The van der Waals surface area contributed by atoms with Crippen molar-refractivity contribution in [2.75, 3.05) is 0 Å². The highest BCUT2D eigenvalue weighted by Gasteiger charge is 2.25. The smallest absolute Gasteiger partial charge is 0.156 e. The predicted molar refractivity (Wildman–Crippen MR) is 53.3 cm³/mol. The molecule has 0 unspecified atom stereocenters. The summed E-state index contributed by atoms with van der Waals surface area (Å²) >= 11 is 1.45. The maximum atomic E-state index is 12.9. The zero-order valence-electron chi connectivity index (χ0n) is 7.57. The fraction of sp³-hybridized carbons (Fsp3) is 0.857. The van der Waals surface area contributed by atoms with Crippen LogP contribution >= 0.6 is 23.5 Å². The fourth-order valence-corrected chi connectivity index (χ4v) is 2.70. The highest BCUT2D eigenvalue weighted by molar-refractivity contribution is 8.39. The van der Waals surface area contributed by atoms with Gasteiger partial charge >= 0.3 is 0 Å². The third-order valence-electron chi connectivity index (χ3n) is 0.671. The first-order chi connectivity index (χ1) is 5.10. The fourth-order valence-electron chi connectivity index (χ4n) is 0.462. The lowest BCUT2D eigenvalue weighted by Gasteiger charge is -2.17. The van der Waals surface area contributed by atoms with Gasteiger partial charge in [-0.25, -0.2) is 8.78 Å². The Morgan fingerprint density at radius 3 is 1.42 bits per heavy atom. The average Bonchev–Trinajstić information content (AvgIpc) is 1.49. The maximum absolute atomic E-state index is 12.9. The van der Waals surface area contributed by atoms with Crippen LogP contribution in [0.15, 0.2) is 0 Å². The molecule has 0 heterocycles. The van der Waals surface area contributed by atoms with E-state index in [1.165, 1.54) is 27.7 Å². The van der Waals surface area contributed by atoms with E-state index in [2.05, 4.69) is 0 Å². The molecule has 0 rings (SSSR count). The highest BCUT2D eigenvalue weighted by Crippen LogP contribution is 2.36. The predicted octanol–water partition coefficient (Wildman–Crippen LogP) is 3.80. The Kier molecular flexibility index (Phi) is 4.03. The van der Waals surface area contributed by atoms with Crippen LogP contribution in [0.5, 0.6) is 0 Å². The van der Waals surface area contributed by atoms with Crippen LogP contribution in [0.1, 0.15) is 27.7 Å². The molecule has 5 heteroatoms. The number of hydrogen-bond acceptors (Lipinski definition) is 3. The summed E-state index contributed by atoms with van der Waals surface area (Å²) in [6.07, 6.45) is 0. The topological polar surface area (TPSA) is 23.9 Å². The molecular weight excluding hydrogens is 200 g/mol. The summed E-state index contributed by atoms with van der Waals surface area (Å²) in [6, 6.07) is 0. The first-order valence-electron chi connectivity index (χ1n) is 3.44. The molecule has 12 heavy (non-hydrogen) atoms. The first kappa shape index (κ1) is 12.2. The second-order valence-electron chi connectivity index (χ2n) is 3.22. The Bertz CT molecular complexity index is 151. The molecule has 0 atom stereocenters. The van der Waals surface area contributed by atoms with E-state index in [1.54, 1.807) is 0 Å². The molecule has 0 spiro atoms. The second kappa shape index (κ2) is 3.96. The molecule has 0 aliphatic heterocycles. The van der Waals surface area contributed by atoms with Crippen LogP contribution in [0.3, 0.4) is 0 Å². The Morgan fingerprint density at radius 1 is 1.00 bits per heavy atom. The molecule has 0 fully saturated rings. The normalized spacial score (nSPS) is 13.2. The van der Waals surface area contributed by atoms with E-state index in [4.69, 9.17) is 5.41 Å². The molecule has 0 saturated heterocycles. The zero-order valence-corrected chi connectivity index (χ0v) is 9.21. The Labute approximate surface area is 80.2 Å². The van der Waals surface area contributed by atoms with Gasteiger partial charge in [-0.3, -0.25) is 5.41 Å². The molecular formula is C7H13F2NS2. The Balaban J connectivity index is 3.92. The van der Waals surface area contributed by atoms with Gasteiger partial charge in [0.15, 0.2) is 10.0 Å². The van der Waals surface area contributed by atoms with Gasteiger partial charge in [-0.05, 0) is 27.7 Å². The van der Waals surface area contributed by atoms with Crippen LogP contribution in [0.4, 0.5) is 8.78 Å². The number of halogens is 2. The summed E-state index contributed by atoms with van der Waals surface area (Å²) in [7, 11) is 0. The van der Waals surface area contributed by atoms with Crippen LogP contribution in [0.25, 0.3) is 0 Å². The molecule has 0 amide bonds. The third kappa shape index (κ3) is 8.33. The molecule has 1 nitrogen and oxygen atoms in total. The quantitative estimate of drug-likeness (QED) is 0.557. The standard InChI is InChI=1S/C7H13F2NS2/c1-6(2,8)11-5(10)12-7(3,4)9/h10H,1-4H3. The van der Waals surface area contributed by atoms with E-state index >= 15 is 0 Å². The van der Waals surface area contributed by atoms with E-state index in [1.807, 2.05) is 0 Å². The second-order valence-corrected chi connectivity index (χ2v) is 6.64. The van der Waals surface area contributed by atoms with Crippen LogP contribution in [0.2, 0.25) is 0 Å². The molecule has 0 aliphatic rings. The van der Waals surface area contributed by atoms with Gasteiger partial charge in [-0.1, -0.05) is 23.5 Å². The van der Waals surface area contributed by atoms with Gasteiger partial charge in [-0.2, -0.15) is 0 Å². The SMILES string of the molecule is CC(C)(F)SC(=N)SC(C)(C)F. The van der Waals surface area contributed by atoms with E-state index in [-0.39, 0.29) is 4.38 Å². The molecule has 0 aromatic heterocycles. The number of thioether (sulfide) groups is 2.